The maximum Gasteiger partial charge on any atom is 0.0354 e. The van der Waals surface area contributed by atoms with Gasteiger partial charge in [0.1, 0.15) is 0 Å². The van der Waals surface area contributed by atoms with Crippen LogP contribution in [0, 0.1) is 0 Å². The lowest BCUT2D eigenvalue weighted by Crippen LogP contribution is -2.17. The average molecular weight is 287 g/mol. The van der Waals surface area contributed by atoms with Gasteiger partial charge in [0, 0.05) is 12.0 Å². The van der Waals surface area contributed by atoms with Crippen molar-refractivity contribution in [2.75, 3.05) is 14.1 Å². The first-order valence-electron chi connectivity index (χ1n) is 7.98. The Balaban J connectivity index is 1.81. The first kappa shape index (κ1) is 13.5. The second-order valence-electron chi connectivity index (χ2n) is 6.50. The Bertz CT molecular complexity index is 819. The maximum absolute atomic E-state index is 2.37. The van der Waals surface area contributed by atoms with Crippen molar-refractivity contribution < 1.29 is 0 Å². The van der Waals surface area contributed by atoms with E-state index in [1.165, 1.54) is 33.9 Å². The van der Waals surface area contributed by atoms with Gasteiger partial charge in [0.05, 0.1) is 0 Å². The Morgan fingerprint density at radius 3 is 2.23 bits per heavy atom. The lowest BCUT2D eigenvalue weighted by atomic mass is 9.91. The highest BCUT2D eigenvalue weighted by Crippen LogP contribution is 2.46. The normalized spacial score (nSPS) is 20.5. The number of fused-ring (bicyclic) bond motifs is 2. The zero-order valence-electron chi connectivity index (χ0n) is 13.2. The molecule has 0 radical (unpaired) electrons. The molecule has 0 fully saturated rings. The zero-order chi connectivity index (χ0) is 15.1. The molecule has 0 N–H and O–H groups in total. The number of nitrogens with zero attached hydrogens (tertiary/aromatic N) is 1. The van der Waals surface area contributed by atoms with Crippen LogP contribution in [-0.2, 0) is 0 Å². The molecular formula is C21H21N. The number of hydrogen-bond donors (Lipinski definition) is 0. The molecule has 0 aliphatic heterocycles. The molecule has 0 saturated carbocycles. The fraction of sp³-hybridized carbons (Fsp3) is 0.238. The minimum absolute atomic E-state index is 0.508. The summed E-state index contributed by atoms with van der Waals surface area (Å²) >= 11 is 0. The van der Waals surface area contributed by atoms with E-state index in [0.717, 1.165) is 0 Å². The molecule has 0 amide bonds. The van der Waals surface area contributed by atoms with E-state index in [9.17, 15) is 0 Å². The van der Waals surface area contributed by atoms with Gasteiger partial charge in [-0.15, -0.1) is 0 Å². The molecule has 2 unspecified atom stereocenters. The van der Waals surface area contributed by atoms with E-state index >= 15 is 0 Å². The summed E-state index contributed by atoms with van der Waals surface area (Å²) in [6.07, 6.45) is 1.17. The Morgan fingerprint density at radius 2 is 1.45 bits per heavy atom. The molecule has 0 heterocycles. The largest absolute Gasteiger partial charge is 0.302 e. The van der Waals surface area contributed by atoms with Gasteiger partial charge in [0.15, 0.2) is 0 Å². The molecule has 0 bridgehead atoms. The number of rotatable bonds is 2. The first-order chi connectivity index (χ1) is 10.7. The maximum atomic E-state index is 2.37. The summed E-state index contributed by atoms with van der Waals surface area (Å²) in [5, 5.41) is 2.66. The minimum atomic E-state index is 0.508. The van der Waals surface area contributed by atoms with Crippen LogP contribution in [0.3, 0.4) is 0 Å². The van der Waals surface area contributed by atoms with Crippen LogP contribution in [0.2, 0.25) is 0 Å². The molecule has 3 aromatic rings. The monoisotopic (exact) mass is 287 g/mol. The van der Waals surface area contributed by atoms with Crippen molar-refractivity contribution in [3.63, 3.8) is 0 Å². The van der Waals surface area contributed by atoms with Crippen molar-refractivity contribution in [2.45, 2.75) is 18.4 Å². The molecular weight excluding hydrogens is 266 g/mol. The molecule has 1 aliphatic rings. The van der Waals surface area contributed by atoms with Gasteiger partial charge >= 0.3 is 0 Å². The zero-order valence-corrected chi connectivity index (χ0v) is 13.2. The summed E-state index contributed by atoms with van der Waals surface area (Å²) in [5.41, 5.74) is 4.43. The molecule has 22 heavy (non-hydrogen) atoms. The van der Waals surface area contributed by atoms with Crippen LogP contribution >= 0.6 is 0 Å². The molecule has 0 spiro atoms. The predicted molar refractivity (Wildman–Crippen MR) is 93.3 cm³/mol. The van der Waals surface area contributed by atoms with Crippen molar-refractivity contribution in [3.8, 4) is 0 Å². The van der Waals surface area contributed by atoms with E-state index in [4.69, 9.17) is 0 Å². The van der Waals surface area contributed by atoms with Crippen molar-refractivity contribution in [1.29, 1.82) is 0 Å². The quantitative estimate of drug-likeness (QED) is 0.642. The van der Waals surface area contributed by atoms with Crippen LogP contribution in [0.5, 0.6) is 0 Å². The van der Waals surface area contributed by atoms with Crippen LogP contribution in [-0.4, -0.2) is 19.0 Å². The van der Waals surface area contributed by atoms with E-state index in [-0.39, 0.29) is 0 Å². The van der Waals surface area contributed by atoms with Gasteiger partial charge in [-0.05, 0) is 48.0 Å². The fourth-order valence-corrected chi connectivity index (χ4v) is 3.84. The smallest absolute Gasteiger partial charge is 0.0354 e. The van der Waals surface area contributed by atoms with E-state index in [2.05, 4.69) is 85.7 Å². The molecule has 0 aromatic heterocycles. The van der Waals surface area contributed by atoms with Crippen LogP contribution in [0.4, 0.5) is 0 Å². The van der Waals surface area contributed by atoms with E-state index < -0.39 is 0 Å². The molecule has 1 nitrogen and oxygen atoms in total. The predicted octanol–water partition coefficient (Wildman–Crippen LogP) is 4.98. The van der Waals surface area contributed by atoms with Crippen molar-refractivity contribution >= 4 is 10.8 Å². The van der Waals surface area contributed by atoms with Gasteiger partial charge in [-0.3, -0.25) is 0 Å². The topological polar surface area (TPSA) is 3.24 Å². The third kappa shape index (κ3) is 2.13. The number of hydrogen-bond acceptors (Lipinski definition) is 1. The van der Waals surface area contributed by atoms with E-state index in [1.807, 2.05) is 0 Å². The highest BCUT2D eigenvalue weighted by molar-refractivity contribution is 5.83. The third-order valence-corrected chi connectivity index (χ3v) is 4.99. The Kier molecular flexibility index (Phi) is 3.24. The third-order valence-electron chi connectivity index (χ3n) is 4.99. The average Bonchev–Trinajstić information content (AvgIpc) is 2.94. The van der Waals surface area contributed by atoms with Crippen LogP contribution in [0.25, 0.3) is 10.8 Å². The van der Waals surface area contributed by atoms with Gasteiger partial charge in [-0.2, -0.15) is 0 Å². The van der Waals surface area contributed by atoms with Crippen LogP contribution in [0.15, 0.2) is 66.7 Å². The summed E-state index contributed by atoms with van der Waals surface area (Å²) in [4.78, 5) is 2.35. The van der Waals surface area contributed by atoms with Crippen molar-refractivity contribution in [3.05, 3.63) is 83.4 Å². The van der Waals surface area contributed by atoms with Gasteiger partial charge in [-0.25, -0.2) is 0 Å². The Morgan fingerprint density at radius 1 is 0.773 bits per heavy atom. The van der Waals surface area contributed by atoms with E-state index in [1.54, 1.807) is 0 Å². The Hall–Kier alpha value is -2.12. The van der Waals surface area contributed by atoms with Gasteiger partial charge < -0.3 is 4.90 Å². The summed E-state index contributed by atoms with van der Waals surface area (Å²) in [7, 11) is 4.37. The fourth-order valence-electron chi connectivity index (χ4n) is 3.84. The number of benzene rings is 3. The van der Waals surface area contributed by atoms with Gasteiger partial charge in [-0.1, -0.05) is 66.7 Å². The van der Waals surface area contributed by atoms with E-state index in [0.29, 0.717) is 12.0 Å². The molecule has 1 heteroatoms. The molecule has 3 aromatic carbocycles. The summed E-state index contributed by atoms with van der Waals surface area (Å²) in [5.74, 6) is 0.508. The summed E-state index contributed by atoms with van der Waals surface area (Å²) < 4.78 is 0. The van der Waals surface area contributed by atoms with Crippen molar-refractivity contribution in [1.82, 2.24) is 4.90 Å². The standard InChI is InChI=1S/C21H21N/c1-22(2)21-14-20(18-9-5-6-10-19(18)21)17-12-11-15-7-3-4-8-16(15)13-17/h3-13,20-21H,14H2,1-2H3. The molecule has 4 rings (SSSR count). The van der Waals surface area contributed by atoms with Crippen LogP contribution in [0.1, 0.15) is 35.1 Å². The highest BCUT2D eigenvalue weighted by Gasteiger charge is 2.32. The highest BCUT2D eigenvalue weighted by atomic mass is 15.1. The Labute approximate surface area is 132 Å². The second-order valence-corrected chi connectivity index (χ2v) is 6.50. The van der Waals surface area contributed by atoms with Crippen molar-refractivity contribution in [2.24, 2.45) is 0 Å². The lowest BCUT2D eigenvalue weighted by molar-refractivity contribution is 0.293. The summed E-state index contributed by atoms with van der Waals surface area (Å²) in [6.45, 7) is 0. The molecule has 0 saturated heterocycles. The van der Waals surface area contributed by atoms with Crippen LogP contribution < -0.4 is 0 Å². The molecule has 2 atom stereocenters. The molecule has 110 valence electrons. The van der Waals surface area contributed by atoms with Gasteiger partial charge in [0.25, 0.3) is 0 Å². The first-order valence-corrected chi connectivity index (χ1v) is 7.98. The SMILES string of the molecule is CN(C)C1CC(c2ccc3ccccc3c2)c2ccccc21. The van der Waals surface area contributed by atoms with Gasteiger partial charge in [0.2, 0.25) is 0 Å². The lowest BCUT2D eigenvalue weighted by Gasteiger charge is -2.20. The summed E-state index contributed by atoms with van der Waals surface area (Å²) in [6, 6.07) is 25.0. The molecule has 1 aliphatic carbocycles. The second kappa shape index (κ2) is 5.26. The minimum Gasteiger partial charge on any atom is -0.302 e.